The van der Waals surface area contributed by atoms with E-state index >= 15 is 0 Å². The summed E-state index contributed by atoms with van der Waals surface area (Å²) >= 11 is 0. The normalized spacial score (nSPS) is 25.1. The summed E-state index contributed by atoms with van der Waals surface area (Å²) in [5.74, 6) is 1.04. The predicted molar refractivity (Wildman–Crippen MR) is 122 cm³/mol. The molecular formula is C23H35N5O3. The molecule has 0 radical (unpaired) electrons. The zero-order chi connectivity index (χ0) is 21.5. The number of guanidine groups is 1. The van der Waals surface area contributed by atoms with Crippen LogP contribution in [0.1, 0.15) is 19.3 Å². The maximum atomic E-state index is 12.7. The molecule has 1 aromatic rings. The van der Waals surface area contributed by atoms with Crippen LogP contribution >= 0.6 is 0 Å². The summed E-state index contributed by atoms with van der Waals surface area (Å²) < 4.78 is 11.7. The molecule has 1 N–H and O–H groups in total. The first kappa shape index (κ1) is 21.9. The fourth-order valence-corrected chi connectivity index (χ4v) is 4.61. The Balaban J connectivity index is 1.19. The van der Waals surface area contributed by atoms with E-state index in [2.05, 4.69) is 44.4 Å². The van der Waals surface area contributed by atoms with Crippen molar-refractivity contribution in [3.8, 4) is 0 Å². The predicted octanol–water partition coefficient (Wildman–Crippen LogP) is 1.18. The van der Waals surface area contributed by atoms with Crippen LogP contribution in [0.25, 0.3) is 0 Å². The van der Waals surface area contributed by atoms with Crippen LogP contribution in [0.5, 0.6) is 0 Å². The van der Waals surface area contributed by atoms with Crippen LogP contribution in [-0.2, 0) is 14.3 Å². The summed E-state index contributed by atoms with van der Waals surface area (Å²) in [5.41, 5.74) is 1.23. The minimum absolute atomic E-state index is 0.0948. The number of ether oxygens (including phenoxy) is 2. The Morgan fingerprint density at radius 3 is 2.52 bits per heavy atom. The number of amides is 1. The third-order valence-electron chi connectivity index (χ3n) is 6.36. The van der Waals surface area contributed by atoms with Gasteiger partial charge in [-0.15, -0.1) is 0 Å². The van der Waals surface area contributed by atoms with Gasteiger partial charge in [0.05, 0.1) is 12.7 Å². The minimum atomic E-state index is 0.0948. The quantitative estimate of drug-likeness (QED) is 0.560. The van der Waals surface area contributed by atoms with Gasteiger partial charge >= 0.3 is 0 Å². The van der Waals surface area contributed by atoms with Crippen molar-refractivity contribution in [2.45, 2.75) is 31.5 Å². The number of nitrogens with zero attached hydrogens (tertiary/aromatic N) is 4. The van der Waals surface area contributed by atoms with Crippen molar-refractivity contribution in [2.75, 3.05) is 71.0 Å². The Morgan fingerprint density at radius 2 is 1.81 bits per heavy atom. The Morgan fingerprint density at radius 1 is 1.03 bits per heavy atom. The van der Waals surface area contributed by atoms with Gasteiger partial charge < -0.3 is 29.5 Å². The molecule has 3 aliphatic heterocycles. The van der Waals surface area contributed by atoms with Crippen molar-refractivity contribution in [1.29, 1.82) is 0 Å². The summed E-state index contributed by atoms with van der Waals surface area (Å²) in [5, 5.41) is 3.38. The van der Waals surface area contributed by atoms with E-state index in [1.165, 1.54) is 5.69 Å². The van der Waals surface area contributed by atoms with Crippen LogP contribution in [0.4, 0.5) is 5.69 Å². The molecule has 4 rings (SSSR count). The summed E-state index contributed by atoms with van der Waals surface area (Å²) in [6, 6.07) is 10.4. The van der Waals surface area contributed by atoms with E-state index in [1.54, 1.807) is 7.05 Å². The number of nitrogens with one attached hydrogen (secondary N) is 1. The van der Waals surface area contributed by atoms with Gasteiger partial charge in [-0.25, -0.2) is 0 Å². The zero-order valence-electron chi connectivity index (χ0n) is 18.5. The van der Waals surface area contributed by atoms with Crippen molar-refractivity contribution in [3.05, 3.63) is 30.3 Å². The number of benzene rings is 1. The third kappa shape index (κ3) is 5.68. The number of piperazine rings is 1. The lowest BCUT2D eigenvalue weighted by Crippen LogP contribution is -2.54. The van der Waals surface area contributed by atoms with Crippen molar-refractivity contribution in [1.82, 2.24) is 15.1 Å². The average Bonchev–Trinajstić information content (AvgIpc) is 3.38. The molecule has 8 nitrogen and oxygen atoms in total. The molecule has 0 bridgehead atoms. The highest BCUT2D eigenvalue weighted by Gasteiger charge is 2.32. The second-order valence-electron chi connectivity index (χ2n) is 8.33. The number of aliphatic imine (C=N–C) groups is 1. The van der Waals surface area contributed by atoms with Gasteiger partial charge in [0.1, 0.15) is 6.10 Å². The molecule has 31 heavy (non-hydrogen) atoms. The summed E-state index contributed by atoms with van der Waals surface area (Å²) in [4.78, 5) is 23.7. The summed E-state index contributed by atoms with van der Waals surface area (Å²) in [6.45, 7) is 6.98. The van der Waals surface area contributed by atoms with E-state index in [0.717, 1.165) is 64.7 Å². The van der Waals surface area contributed by atoms with Crippen LogP contribution < -0.4 is 10.2 Å². The molecule has 3 fully saturated rings. The monoisotopic (exact) mass is 429 g/mol. The largest absolute Gasteiger partial charge is 0.375 e. The standard InChI is InChI=1S/C23H35N5O3/c1-24-23(28-15-17-31-21(18-28)20-8-5-16-30-20)25-10-9-22(29)27-13-11-26(12-14-27)19-6-3-2-4-7-19/h2-4,6-7,20-21H,5,8-18H2,1H3,(H,24,25). The zero-order valence-corrected chi connectivity index (χ0v) is 18.5. The Bertz CT molecular complexity index is 730. The molecule has 0 aliphatic carbocycles. The number of rotatable bonds is 5. The van der Waals surface area contributed by atoms with Gasteiger partial charge in [-0.1, -0.05) is 18.2 Å². The van der Waals surface area contributed by atoms with E-state index in [-0.39, 0.29) is 18.1 Å². The molecule has 0 saturated carbocycles. The lowest BCUT2D eigenvalue weighted by molar-refractivity contribution is -0.131. The van der Waals surface area contributed by atoms with Crippen LogP contribution in [0, 0.1) is 0 Å². The van der Waals surface area contributed by atoms with Crippen molar-refractivity contribution in [3.63, 3.8) is 0 Å². The van der Waals surface area contributed by atoms with Crippen molar-refractivity contribution >= 4 is 17.6 Å². The molecule has 2 unspecified atom stereocenters. The number of morpholine rings is 1. The van der Waals surface area contributed by atoms with E-state index in [0.29, 0.717) is 19.6 Å². The topological polar surface area (TPSA) is 69.6 Å². The first-order valence-corrected chi connectivity index (χ1v) is 11.5. The molecular weight excluding hydrogens is 394 g/mol. The second kappa shape index (κ2) is 10.8. The number of hydrogen-bond acceptors (Lipinski definition) is 5. The van der Waals surface area contributed by atoms with Gasteiger partial charge in [0.25, 0.3) is 0 Å². The van der Waals surface area contributed by atoms with Gasteiger partial charge in [0, 0.05) is 71.6 Å². The van der Waals surface area contributed by atoms with Crippen LogP contribution in [0.3, 0.4) is 0 Å². The van der Waals surface area contributed by atoms with Gasteiger partial charge in [-0.05, 0) is 25.0 Å². The van der Waals surface area contributed by atoms with Gasteiger partial charge in [0.2, 0.25) is 5.91 Å². The molecule has 0 spiro atoms. The van der Waals surface area contributed by atoms with E-state index in [1.807, 2.05) is 11.0 Å². The maximum absolute atomic E-state index is 12.7. The van der Waals surface area contributed by atoms with E-state index in [9.17, 15) is 4.79 Å². The highest BCUT2D eigenvalue weighted by Crippen LogP contribution is 2.21. The Labute approximate surface area is 185 Å². The Kier molecular flexibility index (Phi) is 7.64. The SMILES string of the molecule is CN=C(NCCC(=O)N1CCN(c2ccccc2)CC1)N1CCOC(C2CCCO2)C1. The van der Waals surface area contributed by atoms with Gasteiger partial charge in [-0.2, -0.15) is 0 Å². The minimum Gasteiger partial charge on any atom is -0.375 e. The Hall–Kier alpha value is -2.32. The van der Waals surface area contributed by atoms with Crippen LogP contribution in [0.15, 0.2) is 35.3 Å². The van der Waals surface area contributed by atoms with Gasteiger partial charge in [-0.3, -0.25) is 9.79 Å². The lowest BCUT2D eigenvalue weighted by atomic mass is 10.1. The number of anilines is 1. The first-order valence-electron chi connectivity index (χ1n) is 11.5. The lowest BCUT2D eigenvalue weighted by Gasteiger charge is -2.37. The third-order valence-corrected chi connectivity index (χ3v) is 6.36. The summed E-state index contributed by atoms with van der Waals surface area (Å²) in [7, 11) is 1.80. The first-order chi connectivity index (χ1) is 15.2. The van der Waals surface area contributed by atoms with Crippen LogP contribution in [0.2, 0.25) is 0 Å². The molecule has 0 aromatic heterocycles. The molecule has 3 heterocycles. The van der Waals surface area contributed by atoms with E-state index in [4.69, 9.17) is 9.47 Å². The fraction of sp³-hybridized carbons (Fsp3) is 0.652. The smallest absolute Gasteiger partial charge is 0.224 e. The number of hydrogen-bond donors (Lipinski definition) is 1. The van der Waals surface area contributed by atoms with Gasteiger partial charge in [0.15, 0.2) is 5.96 Å². The van der Waals surface area contributed by atoms with Crippen LogP contribution in [-0.4, -0.2) is 99.9 Å². The molecule has 8 heteroatoms. The highest BCUT2D eigenvalue weighted by atomic mass is 16.5. The summed E-state index contributed by atoms with van der Waals surface area (Å²) in [6.07, 6.45) is 2.94. The highest BCUT2D eigenvalue weighted by molar-refractivity contribution is 5.81. The molecule has 1 amide bonds. The fourth-order valence-electron chi connectivity index (χ4n) is 4.61. The molecule has 1 aromatic carbocycles. The van der Waals surface area contributed by atoms with Crippen molar-refractivity contribution in [2.24, 2.45) is 4.99 Å². The van der Waals surface area contributed by atoms with E-state index < -0.39 is 0 Å². The molecule has 3 aliphatic rings. The molecule has 3 saturated heterocycles. The average molecular weight is 430 g/mol. The molecule has 170 valence electrons. The number of para-hydroxylation sites is 1. The maximum Gasteiger partial charge on any atom is 0.224 e. The number of carbonyl (C=O) groups excluding carboxylic acids is 1. The second-order valence-corrected chi connectivity index (χ2v) is 8.33. The van der Waals surface area contributed by atoms with Crippen molar-refractivity contribution < 1.29 is 14.3 Å². The number of carbonyl (C=O) groups is 1. The molecule has 2 atom stereocenters.